The SMILES string of the molecule is CCCC/C=C\C/C=C\CCCCCCCC(=O)OCCCCCCCCCCC/C=C\C/C=C\CCCCCCCCCC(=O)NC(COC1OC(CO)C(O)C(O)C1O)C(O)/C=C/CCCCCCCCCCCCCCC. The molecule has 1 rings (SSSR count). The average molecular weight is 1130 g/mol. The van der Waals surface area contributed by atoms with Crippen LogP contribution in [-0.4, -0.2) is 100 Å². The summed E-state index contributed by atoms with van der Waals surface area (Å²) in [6.07, 6.45) is 66.0. The number of hydrogen-bond acceptors (Lipinski definition) is 10. The second-order valence-electron chi connectivity index (χ2n) is 23.2. The Hall–Kier alpha value is -2.64. The fourth-order valence-electron chi connectivity index (χ4n) is 10.2. The highest BCUT2D eigenvalue weighted by Gasteiger charge is 2.44. The molecule has 0 aromatic rings. The van der Waals surface area contributed by atoms with E-state index in [1.54, 1.807) is 6.08 Å². The van der Waals surface area contributed by atoms with E-state index in [1.165, 1.54) is 173 Å². The Labute approximate surface area is 490 Å². The van der Waals surface area contributed by atoms with E-state index in [-0.39, 0.29) is 18.5 Å². The molecule has 0 bridgehead atoms. The summed E-state index contributed by atoms with van der Waals surface area (Å²) in [4.78, 5) is 25.1. The number of aliphatic hydroxyl groups is 5. The van der Waals surface area contributed by atoms with Crippen LogP contribution in [0, 0.1) is 0 Å². The fourth-order valence-corrected chi connectivity index (χ4v) is 10.2. The van der Waals surface area contributed by atoms with Gasteiger partial charge in [0.05, 0.1) is 32.0 Å². The first-order chi connectivity index (χ1) is 39.2. The van der Waals surface area contributed by atoms with Crippen LogP contribution in [0.15, 0.2) is 60.8 Å². The molecule has 466 valence electrons. The van der Waals surface area contributed by atoms with Gasteiger partial charge in [0.2, 0.25) is 5.91 Å². The third-order valence-electron chi connectivity index (χ3n) is 15.6. The van der Waals surface area contributed by atoms with Gasteiger partial charge in [-0.05, 0) is 89.9 Å². The molecular formula is C69H125NO10. The van der Waals surface area contributed by atoms with Crippen LogP contribution < -0.4 is 5.32 Å². The molecule has 0 aromatic carbocycles. The Bertz CT molecular complexity index is 1510. The minimum Gasteiger partial charge on any atom is -0.466 e. The van der Waals surface area contributed by atoms with Gasteiger partial charge in [-0.25, -0.2) is 0 Å². The highest BCUT2D eigenvalue weighted by atomic mass is 16.7. The minimum absolute atomic E-state index is 0.0197. The molecule has 11 nitrogen and oxygen atoms in total. The van der Waals surface area contributed by atoms with E-state index >= 15 is 0 Å². The molecule has 1 aliphatic rings. The number of carbonyl (C=O) groups excluding carboxylic acids is 2. The predicted octanol–water partition coefficient (Wildman–Crippen LogP) is 16.6. The number of carbonyl (C=O) groups is 2. The standard InChI is InChI=1S/C69H125NO10/c1-3-5-7-9-11-13-15-17-28-31-35-39-43-47-51-55-62(72)61(60-79-69-68(77)67(76)66(75)63(59-71)80-69)70-64(73)56-52-48-44-40-36-32-29-26-24-22-20-19-21-23-25-27-30-34-38-42-46-50-54-58-78-65(74)57-53-49-45-41-37-33-18-16-14-12-10-8-6-4-2/h10,12,16,18-19,21-22,24,51,55,61-63,66-69,71-72,75-77H,3-9,11,13-15,17,20,23,25-50,52-54,56-60H2,1-2H3,(H,70,73)/b12-10-,18-16-,21-19-,24-22-,55-51+. The maximum atomic E-state index is 13.1. The number of hydrogen-bond donors (Lipinski definition) is 6. The quantitative estimate of drug-likeness (QED) is 0.0195. The lowest BCUT2D eigenvalue weighted by atomic mass is 9.99. The first-order valence-corrected chi connectivity index (χ1v) is 33.6. The summed E-state index contributed by atoms with van der Waals surface area (Å²) in [6, 6.07) is -0.820. The number of ether oxygens (including phenoxy) is 3. The summed E-state index contributed by atoms with van der Waals surface area (Å²) >= 11 is 0. The van der Waals surface area contributed by atoms with Crippen molar-refractivity contribution in [3.8, 4) is 0 Å². The van der Waals surface area contributed by atoms with Gasteiger partial charge in [0.1, 0.15) is 24.4 Å². The largest absolute Gasteiger partial charge is 0.466 e. The first-order valence-electron chi connectivity index (χ1n) is 33.6. The van der Waals surface area contributed by atoms with Crippen molar-refractivity contribution in [2.24, 2.45) is 0 Å². The van der Waals surface area contributed by atoms with Gasteiger partial charge in [0.15, 0.2) is 6.29 Å². The molecule has 6 N–H and O–H groups in total. The number of rotatable bonds is 58. The molecule has 0 saturated carbocycles. The Kier molecular flexibility index (Phi) is 54.8. The maximum Gasteiger partial charge on any atom is 0.305 e. The van der Waals surface area contributed by atoms with Crippen molar-refractivity contribution >= 4 is 11.9 Å². The molecule has 7 atom stereocenters. The lowest BCUT2D eigenvalue weighted by Crippen LogP contribution is -2.60. The van der Waals surface area contributed by atoms with Crippen molar-refractivity contribution in [2.75, 3.05) is 19.8 Å². The van der Waals surface area contributed by atoms with Gasteiger partial charge in [0.25, 0.3) is 0 Å². The average Bonchev–Trinajstić information content (AvgIpc) is 3.45. The molecule has 0 spiro atoms. The Balaban J connectivity index is 2.07. The second-order valence-corrected chi connectivity index (χ2v) is 23.2. The van der Waals surface area contributed by atoms with Crippen molar-refractivity contribution in [3.05, 3.63) is 60.8 Å². The van der Waals surface area contributed by atoms with E-state index in [1.807, 2.05) is 6.08 Å². The lowest BCUT2D eigenvalue weighted by Gasteiger charge is -2.40. The third-order valence-corrected chi connectivity index (χ3v) is 15.6. The van der Waals surface area contributed by atoms with E-state index < -0.39 is 49.5 Å². The van der Waals surface area contributed by atoms with E-state index in [9.17, 15) is 35.1 Å². The molecule has 1 amide bonds. The van der Waals surface area contributed by atoms with Crippen molar-refractivity contribution in [3.63, 3.8) is 0 Å². The molecule has 1 aliphatic heterocycles. The van der Waals surface area contributed by atoms with Crippen LogP contribution in [0.25, 0.3) is 0 Å². The molecule has 1 saturated heterocycles. The van der Waals surface area contributed by atoms with Crippen LogP contribution >= 0.6 is 0 Å². The van der Waals surface area contributed by atoms with Gasteiger partial charge in [-0.3, -0.25) is 9.59 Å². The van der Waals surface area contributed by atoms with Gasteiger partial charge < -0.3 is 45.1 Å². The van der Waals surface area contributed by atoms with E-state index in [4.69, 9.17) is 14.2 Å². The van der Waals surface area contributed by atoms with Crippen molar-refractivity contribution < 1.29 is 49.3 Å². The fraction of sp³-hybridized carbons (Fsp3) is 0.826. The Morgan fingerprint density at radius 2 is 0.850 bits per heavy atom. The number of nitrogens with one attached hydrogen (secondary N) is 1. The van der Waals surface area contributed by atoms with Crippen LogP contribution in [0.2, 0.25) is 0 Å². The molecule has 0 aromatic heterocycles. The van der Waals surface area contributed by atoms with Crippen molar-refractivity contribution in [1.82, 2.24) is 5.32 Å². The summed E-state index contributed by atoms with van der Waals surface area (Å²) in [5, 5.41) is 54.5. The van der Waals surface area contributed by atoms with Gasteiger partial charge >= 0.3 is 5.97 Å². The molecule has 1 heterocycles. The summed E-state index contributed by atoms with van der Waals surface area (Å²) < 4.78 is 16.7. The normalized spacial score (nSPS) is 18.7. The van der Waals surface area contributed by atoms with Gasteiger partial charge in [0, 0.05) is 12.8 Å². The van der Waals surface area contributed by atoms with Crippen LogP contribution in [-0.2, 0) is 23.8 Å². The molecule has 11 heteroatoms. The zero-order valence-electron chi connectivity index (χ0n) is 51.5. The highest BCUT2D eigenvalue weighted by Crippen LogP contribution is 2.23. The Morgan fingerprint density at radius 1 is 0.463 bits per heavy atom. The highest BCUT2D eigenvalue weighted by molar-refractivity contribution is 5.76. The van der Waals surface area contributed by atoms with Crippen LogP contribution in [0.3, 0.4) is 0 Å². The number of esters is 1. The molecule has 7 unspecified atom stereocenters. The van der Waals surface area contributed by atoms with Crippen LogP contribution in [0.1, 0.15) is 303 Å². The van der Waals surface area contributed by atoms with E-state index in [0.29, 0.717) is 19.4 Å². The molecule has 0 radical (unpaired) electrons. The smallest absolute Gasteiger partial charge is 0.305 e. The first kappa shape index (κ1) is 75.4. The van der Waals surface area contributed by atoms with Gasteiger partial charge in [-0.2, -0.15) is 0 Å². The third kappa shape index (κ3) is 46.8. The number of amides is 1. The van der Waals surface area contributed by atoms with Gasteiger partial charge in [-0.15, -0.1) is 0 Å². The summed E-state index contributed by atoms with van der Waals surface area (Å²) in [5.41, 5.74) is 0. The number of unbranched alkanes of at least 4 members (excludes halogenated alkanes) is 36. The molecule has 0 aliphatic carbocycles. The summed E-state index contributed by atoms with van der Waals surface area (Å²) in [5.74, 6) is -0.211. The summed E-state index contributed by atoms with van der Waals surface area (Å²) in [7, 11) is 0. The van der Waals surface area contributed by atoms with Crippen molar-refractivity contribution in [1.29, 1.82) is 0 Å². The number of allylic oxidation sites excluding steroid dienone is 9. The molecule has 1 fully saturated rings. The zero-order valence-corrected chi connectivity index (χ0v) is 51.5. The zero-order chi connectivity index (χ0) is 58.0. The monoisotopic (exact) mass is 1130 g/mol. The predicted molar refractivity (Wildman–Crippen MR) is 333 cm³/mol. The van der Waals surface area contributed by atoms with Crippen LogP contribution in [0.5, 0.6) is 0 Å². The molecule has 80 heavy (non-hydrogen) atoms. The summed E-state index contributed by atoms with van der Waals surface area (Å²) in [6.45, 7) is 4.30. The van der Waals surface area contributed by atoms with E-state index in [0.717, 1.165) is 103 Å². The minimum atomic E-state index is -1.58. The number of aliphatic hydroxyl groups excluding tert-OH is 5. The second kappa shape index (κ2) is 58.1. The van der Waals surface area contributed by atoms with E-state index in [2.05, 4.69) is 67.8 Å². The van der Waals surface area contributed by atoms with Crippen molar-refractivity contribution in [2.45, 2.75) is 346 Å². The van der Waals surface area contributed by atoms with Crippen LogP contribution in [0.4, 0.5) is 0 Å². The molecular weight excluding hydrogens is 1000 g/mol. The topological polar surface area (TPSA) is 175 Å². The van der Waals surface area contributed by atoms with Gasteiger partial charge in [-0.1, -0.05) is 261 Å². The maximum absolute atomic E-state index is 13.1. The Morgan fingerprint density at radius 3 is 1.30 bits per heavy atom. The lowest BCUT2D eigenvalue weighted by molar-refractivity contribution is -0.302.